The number of hydrogen-bond acceptors (Lipinski definition) is 0. The third kappa shape index (κ3) is 4.54. The van der Waals surface area contributed by atoms with Crippen LogP contribution in [0.4, 0.5) is 0 Å². The van der Waals surface area contributed by atoms with Crippen molar-refractivity contribution >= 4 is 18.5 Å². The van der Waals surface area contributed by atoms with E-state index in [0.29, 0.717) is 0 Å². The van der Waals surface area contributed by atoms with Crippen LogP contribution in [0.25, 0.3) is 0 Å². The molecule has 1 aliphatic carbocycles. The molecule has 0 saturated carbocycles. The highest BCUT2D eigenvalue weighted by molar-refractivity contribution is 7.77. The highest BCUT2D eigenvalue weighted by atomic mass is 31.1. The van der Waals surface area contributed by atoms with Gasteiger partial charge in [0.05, 0.1) is 0 Å². The Morgan fingerprint density at radius 2 is 1.31 bits per heavy atom. The summed E-state index contributed by atoms with van der Waals surface area (Å²) in [6.45, 7) is 4.57. The van der Waals surface area contributed by atoms with Gasteiger partial charge in [0, 0.05) is 0 Å². The van der Waals surface area contributed by atoms with Gasteiger partial charge in [-0.1, -0.05) is 93.4 Å². The average Bonchev–Trinajstić information content (AvgIpc) is 3.21. The molecule has 0 aliphatic heterocycles. The zero-order valence-corrected chi connectivity index (χ0v) is 17.1. The second kappa shape index (κ2) is 9.89. The van der Waals surface area contributed by atoms with E-state index >= 15 is 0 Å². The first-order valence-corrected chi connectivity index (χ1v) is 11.5. The molecule has 2 aromatic rings. The van der Waals surface area contributed by atoms with Crippen molar-refractivity contribution < 1.29 is 0 Å². The number of rotatable bonds is 9. The molecule has 0 atom stereocenters. The van der Waals surface area contributed by atoms with Crippen molar-refractivity contribution in [1.82, 2.24) is 0 Å². The summed E-state index contributed by atoms with van der Waals surface area (Å²) in [5.74, 6) is 0. The molecule has 0 spiro atoms. The van der Waals surface area contributed by atoms with Crippen molar-refractivity contribution in [1.29, 1.82) is 0 Å². The van der Waals surface area contributed by atoms with Gasteiger partial charge in [0.25, 0.3) is 0 Å². The van der Waals surface area contributed by atoms with Crippen LogP contribution in [0.3, 0.4) is 0 Å². The van der Waals surface area contributed by atoms with E-state index in [0.717, 1.165) is 6.42 Å². The van der Waals surface area contributed by atoms with Crippen LogP contribution in [0, 0.1) is 0 Å². The molecule has 0 amide bonds. The predicted molar refractivity (Wildman–Crippen MR) is 118 cm³/mol. The fourth-order valence-corrected chi connectivity index (χ4v) is 6.48. The largest absolute Gasteiger partial charge is 0.0801 e. The zero-order chi connectivity index (χ0) is 18.2. The summed E-state index contributed by atoms with van der Waals surface area (Å²) in [5, 5.41) is 4.76. The van der Waals surface area contributed by atoms with Crippen molar-refractivity contribution in [2.75, 3.05) is 0 Å². The zero-order valence-electron chi connectivity index (χ0n) is 16.2. The fourth-order valence-electron chi connectivity index (χ4n) is 3.66. The van der Waals surface area contributed by atoms with Crippen LogP contribution < -0.4 is 10.6 Å². The normalized spacial score (nSPS) is 13.4. The predicted octanol–water partition coefficient (Wildman–Crippen LogP) is 6.65. The smallest absolute Gasteiger partial charge is 0.00836 e. The highest BCUT2D eigenvalue weighted by Crippen LogP contribution is 2.48. The average molecular weight is 362 g/mol. The second-order valence-corrected chi connectivity index (χ2v) is 9.30. The van der Waals surface area contributed by atoms with Crippen LogP contribution in [0.1, 0.15) is 57.1 Å². The molecular weight excluding hydrogens is 331 g/mol. The maximum atomic E-state index is 2.40. The van der Waals surface area contributed by atoms with E-state index in [1.807, 2.05) is 0 Å². The number of unbranched alkanes of at least 4 members (excludes halogenated alkanes) is 2. The first-order chi connectivity index (χ1) is 12.8. The topological polar surface area (TPSA) is 0 Å². The Labute approximate surface area is 160 Å². The van der Waals surface area contributed by atoms with E-state index in [9.17, 15) is 0 Å². The van der Waals surface area contributed by atoms with Gasteiger partial charge in [-0.3, -0.25) is 0 Å². The van der Waals surface area contributed by atoms with Crippen LogP contribution in [0.5, 0.6) is 0 Å². The number of benzene rings is 2. The van der Waals surface area contributed by atoms with Gasteiger partial charge >= 0.3 is 0 Å². The summed E-state index contributed by atoms with van der Waals surface area (Å²) in [6.07, 6.45) is 15.5. The molecule has 136 valence electrons. The molecule has 0 unspecified atom stereocenters. The lowest BCUT2D eigenvalue weighted by Crippen LogP contribution is -2.20. The van der Waals surface area contributed by atoms with E-state index < -0.39 is 7.92 Å². The third-order valence-electron chi connectivity index (χ3n) is 5.10. The van der Waals surface area contributed by atoms with Crippen molar-refractivity contribution in [3.05, 3.63) is 83.2 Å². The van der Waals surface area contributed by atoms with Crippen LogP contribution in [0.2, 0.25) is 0 Å². The van der Waals surface area contributed by atoms with E-state index in [4.69, 9.17) is 0 Å². The summed E-state index contributed by atoms with van der Waals surface area (Å²) in [7, 11) is -0.428. The lowest BCUT2D eigenvalue weighted by molar-refractivity contribution is 0.797. The molecule has 0 saturated heterocycles. The first kappa shape index (κ1) is 19.1. The number of aryl methyl sites for hydroxylation is 2. The summed E-state index contributed by atoms with van der Waals surface area (Å²) in [4.78, 5) is 0. The number of hydrogen-bond donors (Lipinski definition) is 0. The molecule has 0 N–H and O–H groups in total. The quantitative estimate of drug-likeness (QED) is 0.438. The van der Waals surface area contributed by atoms with Gasteiger partial charge in [-0.05, 0) is 67.1 Å². The summed E-state index contributed by atoms with van der Waals surface area (Å²) >= 11 is 0. The Morgan fingerprint density at radius 3 is 1.77 bits per heavy atom. The Bertz CT molecular complexity index is 718. The summed E-state index contributed by atoms with van der Waals surface area (Å²) < 4.78 is 0. The monoisotopic (exact) mass is 362 g/mol. The molecule has 0 heterocycles. The van der Waals surface area contributed by atoms with Crippen LogP contribution >= 0.6 is 7.92 Å². The molecule has 1 aliphatic rings. The summed E-state index contributed by atoms with van der Waals surface area (Å²) in [6, 6.07) is 18.4. The van der Waals surface area contributed by atoms with E-state index in [1.165, 1.54) is 38.5 Å². The van der Waals surface area contributed by atoms with Crippen molar-refractivity contribution in [3.63, 3.8) is 0 Å². The maximum Gasteiger partial charge on any atom is -0.00836 e. The minimum absolute atomic E-state index is 0.428. The lowest BCUT2D eigenvalue weighted by Gasteiger charge is -2.25. The van der Waals surface area contributed by atoms with E-state index in [-0.39, 0.29) is 0 Å². The van der Waals surface area contributed by atoms with Crippen molar-refractivity contribution in [2.45, 2.75) is 58.8 Å². The Hall–Kier alpha value is -1.65. The van der Waals surface area contributed by atoms with Crippen LogP contribution in [-0.2, 0) is 12.8 Å². The molecule has 1 heteroatoms. The lowest BCUT2D eigenvalue weighted by atomic mass is 10.1. The molecule has 0 radical (unpaired) electrons. The van der Waals surface area contributed by atoms with Crippen molar-refractivity contribution in [2.24, 2.45) is 0 Å². The second-order valence-electron chi connectivity index (χ2n) is 7.09. The van der Waals surface area contributed by atoms with Gasteiger partial charge in [-0.15, -0.1) is 0 Å². The maximum absolute atomic E-state index is 2.40. The van der Waals surface area contributed by atoms with Gasteiger partial charge in [0.1, 0.15) is 0 Å². The SMILES string of the molecule is CCCCc1ccccc1P(C1=CC=CC1)c1ccccc1CCCC. The molecule has 0 aromatic heterocycles. The van der Waals surface area contributed by atoms with E-state index in [2.05, 4.69) is 80.6 Å². The molecule has 3 rings (SSSR count). The van der Waals surface area contributed by atoms with Gasteiger partial charge in [-0.2, -0.15) is 0 Å². The molecule has 0 nitrogen and oxygen atoms in total. The van der Waals surface area contributed by atoms with Gasteiger partial charge in [0.15, 0.2) is 0 Å². The minimum Gasteiger partial charge on any atom is -0.0801 e. The van der Waals surface area contributed by atoms with Crippen LogP contribution in [0.15, 0.2) is 72.1 Å². The molecular formula is C25H31P. The van der Waals surface area contributed by atoms with Crippen molar-refractivity contribution in [3.8, 4) is 0 Å². The molecule has 0 fully saturated rings. The first-order valence-electron chi connectivity index (χ1n) is 10.2. The van der Waals surface area contributed by atoms with Gasteiger partial charge < -0.3 is 0 Å². The molecule has 26 heavy (non-hydrogen) atoms. The summed E-state index contributed by atoms with van der Waals surface area (Å²) in [5.41, 5.74) is 3.11. The Morgan fingerprint density at radius 1 is 0.769 bits per heavy atom. The molecule has 2 aromatic carbocycles. The highest BCUT2D eigenvalue weighted by Gasteiger charge is 2.23. The fraction of sp³-hybridized carbons (Fsp3) is 0.360. The standard InChI is InChI=1S/C25H31P/c1-3-5-13-21-15-7-11-19-24(21)26(23-17-9-10-18-23)25-20-12-8-16-22(25)14-6-4-2/h7-12,15-17,19-20H,3-6,13-14,18H2,1-2H3. The van der Waals surface area contributed by atoms with E-state index in [1.54, 1.807) is 27.1 Å². The van der Waals surface area contributed by atoms with Gasteiger partial charge in [-0.25, -0.2) is 0 Å². The Kier molecular flexibility index (Phi) is 7.27. The Balaban J connectivity index is 2.06. The van der Waals surface area contributed by atoms with Gasteiger partial charge in [0.2, 0.25) is 0 Å². The third-order valence-corrected chi connectivity index (χ3v) is 7.85. The minimum atomic E-state index is -0.428. The molecule has 0 bridgehead atoms. The number of allylic oxidation sites excluding steroid dienone is 4. The van der Waals surface area contributed by atoms with Crippen LogP contribution in [-0.4, -0.2) is 0 Å².